The fourth-order valence-electron chi connectivity index (χ4n) is 1.30. The summed E-state index contributed by atoms with van der Waals surface area (Å²) in [5, 5.41) is 10.2. The van der Waals surface area contributed by atoms with Crippen LogP contribution >= 0.6 is 0 Å². The topological polar surface area (TPSA) is 49.3 Å². The van der Waals surface area contributed by atoms with Crippen LogP contribution in [-0.4, -0.2) is 30.3 Å². The third kappa shape index (κ3) is 5.28. The summed E-state index contributed by atoms with van der Waals surface area (Å²) in [5.74, 6) is 3.20. The Labute approximate surface area is 112 Å². The van der Waals surface area contributed by atoms with Gasteiger partial charge in [-0.1, -0.05) is 11.8 Å². The molecule has 0 aliphatic heterocycles. The molecular formula is C13H11F4NO2. The molecule has 0 unspecified atom stereocenters. The third-order valence-corrected chi connectivity index (χ3v) is 2.14. The summed E-state index contributed by atoms with van der Waals surface area (Å²) < 4.78 is 49.1. The van der Waals surface area contributed by atoms with Crippen LogP contribution in [0.3, 0.4) is 0 Å². The minimum Gasteiger partial charge on any atom is -0.395 e. The van der Waals surface area contributed by atoms with E-state index in [2.05, 4.69) is 11.8 Å². The van der Waals surface area contributed by atoms with Crippen molar-refractivity contribution >= 4 is 5.91 Å². The predicted molar refractivity (Wildman–Crippen MR) is 63.4 cm³/mol. The molecule has 1 aromatic rings. The second kappa shape index (κ2) is 6.91. The standard InChI is InChI=1S/C13H11F4NO2/c14-10-5-4-9(3-1-2-6-19)11(7-10)12(20)18-8-13(15,16)17/h4-5,7,19H,2,6,8H2,(H,18,20). The van der Waals surface area contributed by atoms with Crippen molar-refractivity contribution in [3.8, 4) is 11.8 Å². The first-order chi connectivity index (χ1) is 9.33. The monoisotopic (exact) mass is 289 g/mol. The highest BCUT2D eigenvalue weighted by atomic mass is 19.4. The first kappa shape index (κ1) is 16.0. The van der Waals surface area contributed by atoms with Gasteiger partial charge in [0.15, 0.2) is 0 Å². The van der Waals surface area contributed by atoms with Gasteiger partial charge >= 0.3 is 6.18 Å². The molecule has 1 aromatic carbocycles. The van der Waals surface area contributed by atoms with Crippen LogP contribution in [0.5, 0.6) is 0 Å². The van der Waals surface area contributed by atoms with Crippen molar-refractivity contribution < 1.29 is 27.5 Å². The highest BCUT2D eigenvalue weighted by Gasteiger charge is 2.28. The summed E-state index contributed by atoms with van der Waals surface area (Å²) in [6.07, 6.45) is -4.41. The number of halogens is 4. The van der Waals surface area contributed by atoms with Crippen molar-refractivity contribution in [2.75, 3.05) is 13.2 Å². The molecule has 7 heteroatoms. The van der Waals surface area contributed by atoms with E-state index in [4.69, 9.17) is 5.11 Å². The number of aliphatic hydroxyl groups excluding tert-OH is 1. The van der Waals surface area contributed by atoms with Crippen LogP contribution in [0.1, 0.15) is 22.3 Å². The summed E-state index contributed by atoms with van der Waals surface area (Å²) in [6, 6.07) is 3.06. The van der Waals surface area contributed by atoms with E-state index in [1.807, 2.05) is 0 Å². The van der Waals surface area contributed by atoms with Crippen LogP contribution in [0.4, 0.5) is 17.6 Å². The molecule has 0 radical (unpaired) electrons. The lowest BCUT2D eigenvalue weighted by molar-refractivity contribution is -0.123. The smallest absolute Gasteiger partial charge is 0.395 e. The number of aliphatic hydroxyl groups is 1. The van der Waals surface area contributed by atoms with Gasteiger partial charge in [0.25, 0.3) is 5.91 Å². The number of carbonyl (C=O) groups excluding carboxylic acids is 1. The molecule has 108 valence electrons. The molecule has 2 N–H and O–H groups in total. The van der Waals surface area contributed by atoms with E-state index in [1.165, 1.54) is 6.07 Å². The second-order valence-electron chi connectivity index (χ2n) is 3.76. The van der Waals surface area contributed by atoms with E-state index in [1.54, 1.807) is 5.32 Å². The van der Waals surface area contributed by atoms with E-state index in [0.717, 1.165) is 12.1 Å². The molecule has 0 heterocycles. The molecule has 0 aliphatic carbocycles. The minimum absolute atomic E-state index is 0.0968. The van der Waals surface area contributed by atoms with Crippen molar-refractivity contribution in [2.45, 2.75) is 12.6 Å². The lowest BCUT2D eigenvalue weighted by Crippen LogP contribution is -2.34. The molecular weight excluding hydrogens is 278 g/mol. The fraction of sp³-hybridized carbons (Fsp3) is 0.308. The van der Waals surface area contributed by atoms with Gasteiger partial charge < -0.3 is 10.4 Å². The molecule has 0 saturated heterocycles. The Bertz CT molecular complexity index is 544. The Hall–Kier alpha value is -2.07. The molecule has 0 bridgehead atoms. The van der Waals surface area contributed by atoms with Crippen LogP contribution in [0, 0.1) is 17.7 Å². The van der Waals surface area contributed by atoms with Crippen molar-refractivity contribution in [2.24, 2.45) is 0 Å². The number of rotatable bonds is 3. The van der Waals surface area contributed by atoms with Crippen molar-refractivity contribution in [3.63, 3.8) is 0 Å². The zero-order valence-electron chi connectivity index (χ0n) is 10.2. The highest BCUT2D eigenvalue weighted by Crippen LogP contribution is 2.14. The Morgan fingerprint density at radius 1 is 1.35 bits per heavy atom. The number of benzene rings is 1. The van der Waals surface area contributed by atoms with Crippen molar-refractivity contribution in [1.82, 2.24) is 5.32 Å². The molecule has 1 amide bonds. The van der Waals surface area contributed by atoms with E-state index in [0.29, 0.717) is 0 Å². The van der Waals surface area contributed by atoms with Gasteiger partial charge in [-0.15, -0.1) is 0 Å². The quantitative estimate of drug-likeness (QED) is 0.659. The maximum atomic E-state index is 13.1. The molecule has 20 heavy (non-hydrogen) atoms. The average molecular weight is 289 g/mol. The van der Waals surface area contributed by atoms with Crippen molar-refractivity contribution in [1.29, 1.82) is 0 Å². The second-order valence-corrected chi connectivity index (χ2v) is 3.76. The van der Waals surface area contributed by atoms with Crippen LogP contribution in [0.15, 0.2) is 18.2 Å². The number of hydrogen-bond donors (Lipinski definition) is 2. The van der Waals surface area contributed by atoms with Gasteiger partial charge in [-0.05, 0) is 18.2 Å². The summed E-state index contributed by atoms with van der Waals surface area (Å²) in [6.45, 7) is -1.70. The maximum absolute atomic E-state index is 13.1. The van der Waals surface area contributed by atoms with E-state index < -0.39 is 24.4 Å². The van der Waals surface area contributed by atoms with Gasteiger partial charge in [0, 0.05) is 12.0 Å². The van der Waals surface area contributed by atoms with Gasteiger partial charge in [0.05, 0.1) is 12.2 Å². The third-order valence-electron chi connectivity index (χ3n) is 2.14. The predicted octanol–water partition coefficient (Wildman–Crippen LogP) is 1.85. The van der Waals surface area contributed by atoms with Gasteiger partial charge in [0.2, 0.25) is 0 Å². The molecule has 0 fully saturated rings. The normalized spacial score (nSPS) is 10.7. The molecule has 1 rings (SSSR count). The summed E-state index contributed by atoms with van der Waals surface area (Å²) in [7, 11) is 0. The van der Waals surface area contributed by atoms with Crippen molar-refractivity contribution in [3.05, 3.63) is 35.1 Å². The van der Waals surface area contributed by atoms with Crippen LogP contribution in [0.25, 0.3) is 0 Å². The minimum atomic E-state index is -4.55. The molecule has 0 aromatic heterocycles. The first-order valence-corrected chi connectivity index (χ1v) is 5.57. The average Bonchev–Trinajstić information content (AvgIpc) is 2.37. The first-order valence-electron chi connectivity index (χ1n) is 5.57. The molecule has 0 saturated carbocycles. The fourth-order valence-corrected chi connectivity index (χ4v) is 1.30. The Morgan fingerprint density at radius 3 is 2.65 bits per heavy atom. The molecule has 3 nitrogen and oxygen atoms in total. The number of nitrogens with one attached hydrogen (secondary N) is 1. The van der Waals surface area contributed by atoms with E-state index in [-0.39, 0.29) is 24.2 Å². The Kier molecular flexibility index (Phi) is 5.53. The molecule has 0 spiro atoms. The van der Waals surface area contributed by atoms with Gasteiger partial charge in [-0.2, -0.15) is 13.2 Å². The summed E-state index contributed by atoms with van der Waals surface area (Å²) in [5.41, 5.74) is -0.181. The number of amides is 1. The highest BCUT2D eigenvalue weighted by molar-refractivity contribution is 5.96. The van der Waals surface area contributed by atoms with Crippen LogP contribution in [-0.2, 0) is 0 Å². The lowest BCUT2D eigenvalue weighted by atomic mass is 10.1. The lowest BCUT2D eigenvalue weighted by Gasteiger charge is -2.09. The Balaban J connectivity index is 2.95. The van der Waals surface area contributed by atoms with Gasteiger partial charge in [0.1, 0.15) is 12.4 Å². The number of carbonyl (C=O) groups is 1. The largest absolute Gasteiger partial charge is 0.405 e. The number of alkyl halides is 3. The van der Waals surface area contributed by atoms with E-state index >= 15 is 0 Å². The van der Waals surface area contributed by atoms with Crippen LogP contribution < -0.4 is 5.32 Å². The summed E-state index contributed by atoms with van der Waals surface area (Å²) >= 11 is 0. The summed E-state index contributed by atoms with van der Waals surface area (Å²) in [4.78, 5) is 11.6. The SMILES string of the molecule is O=C(NCC(F)(F)F)c1cc(F)ccc1C#CCCO. The Morgan fingerprint density at radius 2 is 2.05 bits per heavy atom. The van der Waals surface area contributed by atoms with Crippen LogP contribution in [0.2, 0.25) is 0 Å². The molecule has 0 aliphatic rings. The van der Waals surface area contributed by atoms with Gasteiger partial charge in [-0.3, -0.25) is 4.79 Å². The zero-order chi connectivity index (χ0) is 15.2. The maximum Gasteiger partial charge on any atom is 0.405 e. The van der Waals surface area contributed by atoms with E-state index in [9.17, 15) is 22.4 Å². The molecule has 0 atom stereocenters. The zero-order valence-corrected chi connectivity index (χ0v) is 10.2. The van der Waals surface area contributed by atoms with Gasteiger partial charge in [-0.25, -0.2) is 4.39 Å². The number of hydrogen-bond acceptors (Lipinski definition) is 2.